The van der Waals surface area contributed by atoms with Crippen molar-refractivity contribution in [2.75, 3.05) is 0 Å². The van der Waals surface area contributed by atoms with E-state index in [0.29, 0.717) is 6.20 Å². The zero-order valence-electron chi connectivity index (χ0n) is 8.10. The number of rotatable bonds is 1. The second-order valence-corrected chi connectivity index (χ2v) is 3.22. The van der Waals surface area contributed by atoms with Crippen molar-refractivity contribution in [2.24, 2.45) is 0 Å². The molecule has 0 aliphatic carbocycles. The van der Waals surface area contributed by atoms with E-state index in [2.05, 4.69) is 11.9 Å². The Balaban J connectivity index is 3.53. The van der Waals surface area contributed by atoms with Gasteiger partial charge in [-0.15, -0.1) is 0 Å². The van der Waals surface area contributed by atoms with Crippen molar-refractivity contribution < 1.29 is 31.4 Å². The first-order valence-corrected chi connectivity index (χ1v) is 4.15. The van der Waals surface area contributed by atoms with Crippen molar-refractivity contribution in [1.29, 1.82) is 0 Å². The van der Waals surface area contributed by atoms with Crippen LogP contribution >= 0.6 is 0 Å². The molecule has 1 aromatic heterocycles. The van der Waals surface area contributed by atoms with E-state index >= 15 is 0 Å². The minimum absolute atomic E-state index is 0.648. The Hall–Kier alpha value is -1.31. The summed E-state index contributed by atoms with van der Waals surface area (Å²) in [6.45, 7) is 2.99. The number of aromatic nitrogens is 1. The molecule has 0 amide bonds. The fourth-order valence-corrected chi connectivity index (χ4v) is 1.19. The third-order valence-electron chi connectivity index (χ3n) is 2.05. The molecule has 95 valence electrons. The maximum atomic E-state index is 12.4. The minimum Gasteiger partial charge on any atom is -0.368 e. The molecule has 0 aromatic carbocycles. The summed E-state index contributed by atoms with van der Waals surface area (Å²) in [7, 11) is 0. The Morgan fingerprint density at radius 1 is 1.06 bits per heavy atom. The lowest BCUT2D eigenvalue weighted by molar-refractivity contribution is -0.377. The van der Waals surface area contributed by atoms with Crippen molar-refractivity contribution >= 4 is 0 Å². The molecule has 1 rings (SSSR count). The van der Waals surface area contributed by atoms with Gasteiger partial charge in [-0.2, -0.15) is 26.3 Å². The van der Waals surface area contributed by atoms with Gasteiger partial charge in [-0.25, -0.2) is 0 Å². The van der Waals surface area contributed by atoms with Crippen molar-refractivity contribution in [3.05, 3.63) is 36.5 Å². The second-order valence-electron chi connectivity index (χ2n) is 3.22. The van der Waals surface area contributed by atoms with Gasteiger partial charge >= 0.3 is 12.4 Å². The van der Waals surface area contributed by atoms with Crippen molar-refractivity contribution in [1.82, 2.24) is 4.98 Å². The van der Waals surface area contributed by atoms with E-state index in [1.807, 2.05) is 0 Å². The molecule has 2 nitrogen and oxygen atoms in total. The van der Waals surface area contributed by atoms with Crippen LogP contribution in [0.2, 0.25) is 0 Å². The van der Waals surface area contributed by atoms with Crippen LogP contribution in [0.4, 0.5) is 26.3 Å². The highest BCUT2D eigenvalue weighted by molar-refractivity contribution is 5.30. The van der Waals surface area contributed by atoms with Crippen LogP contribution < -0.4 is 0 Å². The predicted molar refractivity (Wildman–Crippen MR) is 44.7 cm³/mol. The summed E-state index contributed by atoms with van der Waals surface area (Å²) < 4.78 is 74.6. The molecule has 1 heterocycles. The predicted octanol–water partition coefficient (Wildman–Crippen LogP) is 2.58. The van der Waals surface area contributed by atoms with E-state index in [-0.39, 0.29) is 0 Å². The van der Waals surface area contributed by atoms with Crippen LogP contribution in [0.15, 0.2) is 18.3 Å². The molecule has 1 radical (unpaired) electrons. The van der Waals surface area contributed by atoms with E-state index in [1.165, 1.54) is 0 Å². The lowest BCUT2D eigenvalue weighted by Crippen LogP contribution is -2.54. The summed E-state index contributed by atoms with van der Waals surface area (Å²) in [5.74, 6) is 0. The van der Waals surface area contributed by atoms with Crippen molar-refractivity contribution in [3.63, 3.8) is 0 Å². The molecule has 0 saturated heterocycles. The molecular formula is C9H6F6NO. The van der Waals surface area contributed by atoms with Gasteiger partial charge in [0.1, 0.15) is 0 Å². The second kappa shape index (κ2) is 3.86. The average Bonchev–Trinajstić information content (AvgIpc) is 2.13. The lowest BCUT2D eigenvalue weighted by Gasteiger charge is -2.32. The average molecular weight is 258 g/mol. The molecule has 8 heteroatoms. The Morgan fingerprint density at radius 3 is 1.88 bits per heavy atom. The molecule has 0 aliphatic rings. The van der Waals surface area contributed by atoms with Crippen LogP contribution in [-0.4, -0.2) is 22.4 Å². The minimum atomic E-state index is -5.94. The quantitative estimate of drug-likeness (QED) is 0.785. The van der Waals surface area contributed by atoms with E-state index in [0.717, 1.165) is 12.1 Å². The van der Waals surface area contributed by atoms with Gasteiger partial charge in [0, 0.05) is 6.20 Å². The highest BCUT2D eigenvalue weighted by Crippen LogP contribution is 2.49. The number of hydrogen-bond donors (Lipinski definition) is 1. The summed E-state index contributed by atoms with van der Waals surface area (Å²) in [6, 6.07) is 2.00. The van der Waals surface area contributed by atoms with Crippen LogP contribution in [0.5, 0.6) is 0 Å². The first-order valence-electron chi connectivity index (χ1n) is 4.15. The van der Waals surface area contributed by atoms with Gasteiger partial charge in [-0.3, -0.25) is 4.98 Å². The van der Waals surface area contributed by atoms with Crippen molar-refractivity contribution in [2.45, 2.75) is 18.0 Å². The van der Waals surface area contributed by atoms with Crippen LogP contribution in [0.1, 0.15) is 11.3 Å². The Bertz CT molecular complexity index is 397. The molecule has 0 aliphatic heterocycles. The maximum Gasteiger partial charge on any atom is 0.432 e. The summed E-state index contributed by atoms with van der Waals surface area (Å²) in [6.07, 6.45) is -11.2. The number of alkyl halides is 6. The molecule has 1 N–H and O–H groups in total. The molecule has 0 spiro atoms. The number of hydrogen-bond acceptors (Lipinski definition) is 2. The van der Waals surface area contributed by atoms with E-state index in [1.54, 1.807) is 0 Å². The van der Waals surface area contributed by atoms with Gasteiger partial charge in [-0.05, 0) is 18.6 Å². The molecular weight excluding hydrogens is 252 g/mol. The van der Waals surface area contributed by atoms with Gasteiger partial charge in [0.15, 0.2) is 0 Å². The van der Waals surface area contributed by atoms with Gasteiger partial charge < -0.3 is 5.11 Å². The standard InChI is InChI=1S/C9H6F6NO/c1-5-3-2-4-16-6(5)7(17,8(10,11)12)9(13,14)15/h2-4,17H,1H2. The smallest absolute Gasteiger partial charge is 0.368 e. The first-order chi connectivity index (χ1) is 7.52. The fraction of sp³-hybridized carbons (Fsp3) is 0.333. The van der Waals surface area contributed by atoms with Crippen LogP contribution in [0.25, 0.3) is 0 Å². The van der Waals surface area contributed by atoms with Gasteiger partial charge in [0.05, 0.1) is 5.69 Å². The van der Waals surface area contributed by atoms with Gasteiger partial charge in [-0.1, -0.05) is 6.07 Å². The summed E-state index contributed by atoms with van der Waals surface area (Å²) in [5, 5.41) is 8.98. The zero-order chi connectivity index (χ0) is 13.5. The third-order valence-corrected chi connectivity index (χ3v) is 2.05. The normalized spacial score (nSPS) is 13.9. The number of nitrogens with zero attached hydrogens (tertiary/aromatic N) is 1. The topological polar surface area (TPSA) is 33.1 Å². The molecule has 17 heavy (non-hydrogen) atoms. The summed E-state index contributed by atoms with van der Waals surface area (Å²) in [4.78, 5) is 2.93. The van der Waals surface area contributed by atoms with E-state index < -0.39 is 29.2 Å². The van der Waals surface area contributed by atoms with Crippen LogP contribution in [-0.2, 0) is 5.60 Å². The van der Waals surface area contributed by atoms with Gasteiger partial charge in [0.2, 0.25) is 0 Å². The maximum absolute atomic E-state index is 12.4. The fourth-order valence-electron chi connectivity index (χ4n) is 1.19. The summed E-state index contributed by atoms with van der Waals surface area (Å²) in [5.41, 5.74) is -7.23. The number of aliphatic hydroxyl groups is 1. The third kappa shape index (κ3) is 2.08. The molecule has 0 atom stereocenters. The Morgan fingerprint density at radius 2 is 1.53 bits per heavy atom. The molecule has 0 bridgehead atoms. The first kappa shape index (κ1) is 13.8. The lowest BCUT2D eigenvalue weighted by atomic mass is 9.94. The SMILES string of the molecule is [CH2]c1cccnc1C(O)(C(F)(F)F)C(F)(F)F. The summed E-state index contributed by atoms with van der Waals surface area (Å²) >= 11 is 0. The van der Waals surface area contributed by atoms with E-state index in [9.17, 15) is 26.3 Å². The van der Waals surface area contributed by atoms with Crippen LogP contribution in [0.3, 0.4) is 0 Å². The molecule has 0 saturated carbocycles. The molecule has 0 fully saturated rings. The molecule has 1 aromatic rings. The van der Waals surface area contributed by atoms with Crippen LogP contribution in [0, 0.1) is 6.92 Å². The highest BCUT2D eigenvalue weighted by atomic mass is 19.4. The van der Waals surface area contributed by atoms with E-state index in [4.69, 9.17) is 5.11 Å². The Kier molecular flexibility index (Phi) is 3.13. The van der Waals surface area contributed by atoms with Gasteiger partial charge in [0.25, 0.3) is 5.60 Å². The molecule has 0 unspecified atom stereocenters. The number of pyridine rings is 1. The van der Waals surface area contributed by atoms with Crippen molar-refractivity contribution in [3.8, 4) is 0 Å². The number of halogens is 6. The zero-order valence-corrected chi connectivity index (χ0v) is 8.10. The monoisotopic (exact) mass is 258 g/mol. The Labute approximate surface area is 91.9 Å². The largest absolute Gasteiger partial charge is 0.432 e. The highest BCUT2D eigenvalue weighted by Gasteiger charge is 2.72.